The maximum Gasteiger partial charge on any atom is 0.173 e. The Bertz CT molecular complexity index is 939. The van der Waals surface area contributed by atoms with Gasteiger partial charge in [-0.2, -0.15) is 0 Å². The van der Waals surface area contributed by atoms with E-state index in [2.05, 4.69) is 4.98 Å². The van der Waals surface area contributed by atoms with Gasteiger partial charge in [0.2, 0.25) is 0 Å². The predicted molar refractivity (Wildman–Crippen MR) is 100 cm³/mol. The highest BCUT2D eigenvalue weighted by atomic mass is 35.5. The molecule has 0 saturated heterocycles. The zero-order chi connectivity index (χ0) is 18.0. The molecule has 1 heterocycles. The third-order valence-electron chi connectivity index (χ3n) is 3.84. The summed E-state index contributed by atoms with van der Waals surface area (Å²) >= 11 is 7.40. The quantitative estimate of drug-likeness (QED) is 0.476. The first kappa shape index (κ1) is 17.6. The number of methoxy groups -OCH3 is 2. The van der Waals surface area contributed by atoms with Crippen molar-refractivity contribution in [3.63, 3.8) is 0 Å². The topological polar surface area (TPSA) is 53.3 Å². The largest absolute Gasteiger partial charge is 0.493 e. The molecule has 130 valence electrons. The van der Waals surface area contributed by atoms with E-state index in [9.17, 15) is 4.79 Å². The van der Waals surface area contributed by atoms with Gasteiger partial charge in [0, 0.05) is 17.6 Å². The average molecular weight is 377 g/mol. The van der Waals surface area contributed by atoms with Gasteiger partial charge in [-0.3, -0.25) is 4.79 Å². The van der Waals surface area contributed by atoms with Crippen molar-refractivity contribution in [3.8, 4) is 11.5 Å². The van der Waals surface area contributed by atoms with Crippen LogP contribution in [0.5, 0.6) is 11.5 Å². The first-order valence-electron chi connectivity index (χ1n) is 7.53. The third-order valence-corrected chi connectivity index (χ3v) is 5.10. The van der Waals surface area contributed by atoms with Gasteiger partial charge in [-0.1, -0.05) is 23.4 Å². The second-order valence-corrected chi connectivity index (χ2v) is 6.75. The summed E-state index contributed by atoms with van der Waals surface area (Å²) < 4.78 is 12.4. The number of rotatable bonds is 6. The molecule has 0 atom stereocenters. The number of fused-ring (bicyclic) bond motifs is 1. The summed E-state index contributed by atoms with van der Waals surface area (Å²) in [5.41, 5.74) is 2.37. The summed E-state index contributed by atoms with van der Waals surface area (Å²) in [4.78, 5) is 17.0. The minimum Gasteiger partial charge on any atom is -0.493 e. The lowest BCUT2D eigenvalue weighted by atomic mass is 10.1. The van der Waals surface area contributed by atoms with Crippen LogP contribution < -0.4 is 9.47 Å². The number of thioether (sulfide) groups is 1. The van der Waals surface area contributed by atoms with Crippen molar-refractivity contribution in [2.75, 3.05) is 20.0 Å². The molecule has 5 nitrogen and oxygen atoms in total. The van der Waals surface area contributed by atoms with Gasteiger partial charge in [0.25, 0.3) is 0 Å². The smallest absolute Gasteiger partial charge is 0.173 e. The minimum absolute atomic E-state index is 0.00367. The Labute approximate surface area is 154 Å². The Morgan fingerprint density at radius 1 is 1.16 bits per heavy atom. The first-order chi connectivity index (χ1) is 12.0. The molecule has 0 amide bonds. The standard InChI is InChI=1S/C18H17ClN2O3S/c1-21-14-6-5-12(19)9-13(14)20-18(21)25-10-15(22)11-4-7-16(23-2)17(8-11)24-3/h4-9H,10H2,1-3H3. The highest BCUT2D eigenvalue weighted by molar-refractivity contribution is 7.99. The van der Waals surface area contributed by atoms with E-state index < -0.39 is 0 Å². The number of hydrogen-bond acceptors (Lipinski definition) is 5. The van der Waals surface area contributed by atoms with E-state index >= 15 is 0 Å². The zero-order valence-corrected chi connectivity index (χ0v) is 15.6. The van der Waals surface area contributed by atoms with E-state index in [1.165, 1.54) is 11.8 Å². The number of aromatic nitrogens is 2. The van der Waals surface area contributed by atoms with Crippen LogP contribution in [0.3, 0.4) is 0 Å². The van der Waals surface area contributed by atoms with Crippen molar-refractivity contribution in [1.29, 1.82) is 0 Å². The fraction of sp³-hybridized carbons (Fsp3) is 0.222. The highest BCUT2D eigenvalue weighted by Crippen LogP contribution is 2.29. The van der Waals surface area contributed by atoms with Crippen LogP contribution in [-0.4, -0.2) is 35.3 Å². The van der Waals surface area contributed by atoms with Crippen molar-refractivity contribution in [2.24, 2.45) is 7.05 Å². The van der Waals surface area contributed by atoms with Crippen LogP contribution >= 0.6 is 23.4 Å². The number of carbonyl (C=O) groups excluding carboxylic acids is 1. The first-order valence-corrected chi connectivity index (χ1v) is 8.90. The molecule has 0 aliphatic heterocycles. The molecule has 0 aliphatic rings. The Balaban J connectivity index is 1.77. The van der Waals surface area contributed by atoms with Gasteiger partial charge in [-0.15, -0.1) is 0 Å². The van der Waals surface area contributed by atoms with Crippen LogP contribution in [0.2, 0.25) is 5.02 Å². The fourth-order valence-corrected chi connectivity index (χ4v) is 3.55. The van der Waals surface area contributed by atoms with Gasteiger partial charge in [-0.05, 0) is 36.4 Å². The van der Waals surface area contributed by atoms with Gasteiger partial charge in [0.05, 0.1) is 31.0 Å². The van der Waals surface area contributed by atoms with Crippen molar-refractivity contribution < 1.29 is 14.3 Å². The van der Waals surface area contributed by atoms with E-state index in [4.69, 9.17) is 21.1 Å². The fourth-order valence-electron chi connectivity index (χ4n) is 2.50. The monoisotopic (exact) mass is 376 g/mol. The molecule has 0 N–H and O–H groups in total. The number of hydrogen-bond donors (Lipinski definition) is 0. The average Bonchev–Trinajstić information content (AvgIpc) is 2.94. The van der Waals surface area contributed by atoms with Gasteiger partial charge < -0.3 is 14.0 Å². The lowest BCUT2D eigenvalue weighted by molar-refractivity contribution is 0.102. The maximum atomic E-state index is 12.5. The van der Waals surface area contributed by atoms with Gasteiger partial charge in [0.1, 0.15) is 0 Å². The van der Waals surface area contributed by atoms with Gasteiger partial charge >= 0.3 is 0 Å². The molecule has 2 aromatic carbocycles. The number of ketones is 1. The molecule has 0 aliphatic carbocycles. The lowest BCUT2D eigenvalue weighted by Gasteiger charge is -2.09. The van der Waals surface area contributed by atoms with E-state index in [1.807, 2.05) is 29.8 Å². The van der Waals surface area contributed by atoms with Crippen LogP contribution in [0.25, 0.3) is 11.0 Å². The van der Waals surface area contributed by atoms with E-state index in [0.717, 1.165) is 16.2 Å². The summed E-state index contributed by atoms with van der Waals surface area (Å²) in [6.45, 7) is 0. The van der Waals surface area contributed by atoms with Gasteiger partial charge in [-0.25, -0.2) is 4.98 Å². The SMILES string of the molecule is COc1ccc(C(=O)CSc2nc3cc(Cl)ccc3n2C)cc1OC. The number of halogens is 1. The Morgan fingerprint density at radius 3 is 2.64 bits per heavy atom. The Morgan fingerprint density at radius 2 is 1.92 bits per heavy atom. The third kappa shape index (κ3) is 3.60. The number of benzene rings is 2. The Kier molecular flexibility index (Phi) is 5.20. The molecule has 3 rings (SSSR count). The molecule has 0 radical (unpaired) electrons. The summed E-state index contributed by atoms with van der Waals surface area (Å²) in [6.07, 6.45) is 0. The Hall–Kier alpha value is -2.18. The molecule has 7 heteroatoms. The summed E-state index contributed by atoms with van der Waals surface area (Å²) in [7, 11) is 5.03. The summed E-state index contributed by atoms with van der Waals surface area (Å²) in [6, 6.07) is 10.7. The van der Waals surface area contributed by atoms with E-state index in [0.29, 0.717) is 22.1 Å². The highest BCUT2D eigenvalue weighted by Gasteiger charge is 2.14. The molecule has 0 unspecified atom stereocenters. The molecular weight excluding hydrogens is 360 g/mol. The number of nitrogens with zero attached hydrogens (tertiary/aromatic N) is 2. The van der Waals surface area contributed by atoms with Crippen LogP contribution in [-0.2, 0) is 7.05 Å². The van der Waals surface area contributed by atoms with Gasteiger partial charge in [0.15, 0.2) is 22.4 Å². The predicted octanol–water partition coefficient (Wildman–Crippen LogP) is 4.22. The van der Waals surface area contributed by atoms with Crippen LogP contribution in [0.4, 0.5) is 0 Å². The zero-order valence-electron chi connectivity index (χ0n) is 14.1. The maximum absolute atomic E-state index is 12.5. The van der Waals surface area contributed by atoms with Crippen molar-refractivity contribution in [3.05, 3.63) is 47.0 Å². The van der Waals surface area contributed by atoms with Crippen LogP contribution in [0.1, 0.15) is 10.4 Å². The van der Waals surface area contributed by atoms with Crippen LogP contribution in [0, 0.1) is 0 Å². The number of Topliss-reactive ketones (excluding diaryl/α,β-unsaturated/α-hetero) is 1. The molecule has 1 aromatic heterocycles. The second kappa shape index (κ2) is 7.37. The normalized spacial score (nSPS) is 10.9. The summed E-state index contributed by atoms with van der Waals surface area (Å²) in [5, 5.41) is 1.41. The number of imidazole rings is 1. The van der Waals surface area contributed by atoms with Crippen LogP contribution in [0.15, 0.2) is 41.6 Å². The minimum atomic E-state index is -0.00367. The second-order valence-electron chi connectivity index (χ2n) is 5.37. The number of ether oxygens (including phenoxy) is 2. The van der Waals surface area contributed by atoms with E-state index in [1.54, 1.807) is 32.4 Å². The number of aryl methyl sites for hydroxylation is 1. The molecule has 0 bridgehead atoms. The number of carbonyl (C=O) groups is 1. The molecule has 3 aromatic rings. The summed E-state index contributed by atoms with van der Waals surface area (Å²) in [5.74, 6) is 1.41. The van der Waals surface area contributed by atoms with E-state index in [-0.39, 0.29) is 11.5 Å². The molecular formula is C18H17ClN2O3S. The molecule has 25 heavy (non-hydrogen) atoms. The molecule has 0 spiro atoms. The molecule has 0 fully saturated rings. The molecule has 0 saturated carbocycles. The van der Waals surface area contributed by atoms with Crippen molar-refractivity contribution in [2.45, 2.75) is 5.16 Å². The van der Waals surface area contributed by atoms with Crippen molar-refractivity contribution >= 4 is 40.2 Å². The lowest BCUT2D eigenvalue weighted by Crippen LogP contribution is -2.04. The van der Waals surface area contributed by atoms with Crippen molar-refractivity contribution in [1.82, 2.24) is 9.55 Å².